The Morgan fingerprint density at radius 2 is 1.62 bits per heavy atom. The van der Waals surface area contributed by atoms with E-state index in [2.05, 4.69) is 33.9 Å². The summed E-state index contributed by atoms with van der Waals surface area (Å²) in [7, 11) is -1.72. The highest BCUT2D eigenvalue weighted by Gasteiger charge is 2.38. The van der Waals surface area contributed by atoms with Crippen molar-refractivity contribution in [3.8, 4) is 0 Å². The molecule has 96 valence electrons. The van der Waals surface area contributed by atoms with Gasteiger partial charge in [-0.25, -0.2) is 0 Å². The SMILES string of the molecule is CC(C)(CO[Si](C)(C)C(C)(C)C)CC(N)=O. The molecule has 0 aromatic carbocycles. The van der Waals surface area contributed by atoms with Crippen molar-refractivity contribution in [3.05, 3.63) is 0 Å². The van der Waals surface area contributed by atoms with Crippen LogP contribution in [0.15, 0.2) is 0 Å². The molecule has 0 radical (unpaired) electrons. The Morgan fingerprint density at radius 3 is 1.94 bits per heavy atom. The highest BCUT2D eigenvalue weighted by molar-refractivity contribution is 6.74. The molecule has 3 nitrogen and oxygen atoms in total. The van der Waals surface area contributed by atoms with Crippen molar-refractivity contribution in [2.75, 3.05) is 6.61 Å². The third kappa shape index (κ3) is 5.12. The molecule has 0 aliphatic rings. The minimum atomic E-state index is -1.72. The fraction of sp³-hybridized carbons (Fsp3) is 0.917. The van der Waals surface area contributed by atoms with Crippen molar-refractivity contribution in [2.24, 2.45) is 11.1 Å². The average Bonchev–Trinajstić information content (AvgIpc) is 1.96. The van der Waals surface area contributed by atoms with Gasteiger partial charge in [0.2, 0.25) is 5.91 Å². The third-order valence-electron chi connectivity index (χ3n) is 3.28. The lowest BCUT2D eigenvalue weighted by atomic mass is 9.90. The van der Waals surface area contributed by atoms with Gasteiger partial charge in [-0.3, -0.25) is 4.79 Å². The Bertz CT molecular complexity index is 254. The van der Waals surface area contributed by atoms with E-state index in [0.29, 0.717) is 13.0 Å². The van der Waals surface area contributed by atoms with Gasteiger partial charge in [-0.15, -0.1) is 0 Å². The zero-order valence-corrected chi connectivity index (χ0v) is 12.8. The predicted molar refractivity (Wildman–Crippen MR) is 70.7 cm³/mol. The molecule has 0 saturated heterocycles. The summed E-state index contributed by atoms with van der Waals surface area (Å²) in [5.41, 5.74) is 5.06. The molecule has 0 aliphatic carbocycles. The van der Waals surface area contributed by atoms with E-state index in [9.17, 15) is 4.79 Å². The number of nitrogens with two attached hydrogens (primary N) is 1. The molecule has 0 bridgehead atoms. The van der Waals surface area contributed by atoms with Crippen LogP contribution in [-0.4, -0.2) is 20.8 Å². The number of hydrogen-bond acceptors (Lipinski definition) is 2. The average molecular weight is 245 g/mol. The zero-order chi connectivity index (χ0) is 13.2. The van der Waals surface area contributed by atoms with E-state index >= 15 is 0 Å². The molecular weight excluding hydrogens is 218 g/mol. The van der Waals surface area contributed by atoms with Gasteiger partial charge in [0.05, 0.1) is 0 Å². The van der Waals surface area contributed by atoms with Gasteiger partial charge in [-0.1, -0.05) is 34.6 Å². The van der Waals surface area contributed by atoms with Gasteiger partial charge >= 0.3 is 0 Å². The summed E-state index contributed by atoms with van der Waals surface area (Å²) < 4.78 is 6.09. The Kier molecular flexibility index (Phi) is 4.77. The van der Waals surface area contributed by atoms with E-state index in [-0.39, 0.29) is 16.4 Å². The lowest BCUT2D eigenvalue weighted by Gasteiger charge is -2.38. The normalized spacial score (nSPS) is 13.9. The second-order valence-electron chi connectivity index (χ2n) is 6.86. The predicted octanol–water partition coefficient (Wildman–Crippen LogP) is 2.91. The molecule has 0 rings (SSSR count). The van der Waals surface area contributed by atoms with Gasteiger partial charge in [-0.2, -0.15) is 0 Å². The molecule has 4 heteroatoms. The molecule has 0 aromatic rings. The summed E-state index contributed by atoms with van der Waals surface area (Å²) in [6.45, 7) is 15.7. The number of hydrogen-bond donors (Lipinski definition) is 1. The molecule has 1 amide bonds. The first-order valence-corrected chi connectivity index (χ1v) is 8.70. The molecule has 0 spiro atoms. The maximum atomic E-state index is 10.9. The lowest BCUT2D eigenvalue weighted by molar-refractivity contribution is -0.120. The van der Waals surface area contributed by atoms with E-state index in [0.717, 1.165) is 0 Å². The summed E-state index contributed by atoms with van der Waals surface area (Å²) in [4.78, 5) is 10.9. The first kappa shape index (κ1) is 15.6. The van der Waals surface area contributed by atoms with Gasteiger partial charge in [0.1, 0.15) is 0 Å². The molecule has 0 saturated carbocycles. The van der Waals surface area contributed by atoms with Crippen LogP contribution in [0.3, 0.4) is 0 Å². The lowest BCUT2D eigenvalue weighted by Crippen LogP contribution is -2.43. The van der Waals surface area contributed by atoms with Crippen LogP contribution in [-0.2, 0) is 9.22 Å². The Balaban J connectivity index is 4.39. The molecule has 0 atom stereocenters. The fourth-order valence-corrected chi connectivity index (χ4v) is 2.30. The fourth-order valence-electron chi connectivity index (χ4n) is 1.11. The molecule has 16 heavy (non-hydrogen) atoms. The van der Waals surface area contributed by atoms with Crippen LogP contribution >= 0.6 is 0 Å². The molecule has 0 unspecified atom stereocenters. The van der Waals surface area contributed by atoms with E-state index in [1.165, 1.54) is 0 Å². The second-order valence-corrected chi connectivity index (χ2v) is 11.7. The summed E-state index contributed by atoms with van der Waals surface area (Å²) in [6.07, 6.45) is 0.377. The van der Waals surface area contributed by atoms with Crippen LogP contribution in [0.2, 0.25) is 18.1 Å². The molecular formula is C12H27NO2Si. The quantitative estimate of drug-likeness (QED) is 0.757. The minimum Gasteiger partial charge on any atom is -0.416 e. The van der Waals surface area contributed by atoms with Crippen LogP contribution in [0, 0.1) is 5.41 Å². The highest BCUT2D eigenvalue weighted by Crippen LogP contribution is 2.37. The van der Waals surface area contributed by atoms with Crippen molar-refractivity contribution in [1.82, 2.24) is 0 Å². The van der Waals surface area contributed by atoms with E-state index in [1.54, 1.807) is 0 Å². The summed E-state index contributed by atoms with van der Waals surface area (Å²) in [6, 6.07) is 0. The van der Waals surface area contributed by atoms with Crippen molar-refractivity contribution < 1.29 is 9.22 Å². The molecule has 2 N–H and O–H groups in total. The Morgan fingerprint density at radius 1 is 1.19 bits per heavy atom. The first-order chi connectivity index (χ1) is 6.87. The maximum absolute atomic E-state index is 10.9. The van der Waals surface area contributed by atoms with Crippen molar-refractivity contribution in [1.29, 1.82) is 0 Å². The monoisotopic (exact) mass is 245 g/mol. The number of rotatable bonds is 5. The largest absolute Gasteiger partial charge is 0.416 e. The summed E-state index contributed by atoms with van der Waals surface area (Å²) >= 11 is 0. The number of carbonyl (C=O) groups is 1. The zero-order valence-electron chi connectivity index (χ0n) is 11.8. The van der Waals surface area contributed by atoms with Crippen LogP contribution in [0.1, 0.15) is 41.0 Å². The Labute approximate surface area is 101 Å². The maximum Gasteiger partial charge on any atom is 0.218 e. The third-order valence-corrected chi connectivity index (χ3v) is 7.76. The van der Waals surface area contributed by atoms with Gasteiger partial charge < -0.3 is 10.2 Å². The minimum absolute atomic E-state index is 0.165. The molecule has 0 aliphatic heterocycles. The smallest absolute Gasteiger partial charge is 0.218 e. The van der Waals surface area contributed by atoms with Crippen LogP contribution in [0.4, 0.5) is 0 Å². The van der Waals surface area contributed by atoms with Gasteiger partial charge in [-0.05, 0) is 23.5 Å². The summed E-state index contributed by atoms with van der Waals surface area (Å²) in [5, 5.41) is 0.204. The number of primary amides is 1. The standard InChI is InChI=1S/C12H27NO2Si/c1-11(2,3)16(6,7)15-9-12(4,5)8-10(13)14/h8-9H2,1-7H3,(H2,13,14). The van der Waals surface area contributed by atoms with Crippen LogP contribution in [0.25, 0.3) is 0 Å². The van der Waals surface area contributed by atoms with E-state index in [4.69, 9.17) is 10.2 Å². The van der Waals surface area contributed by atoms with Crippen LogP contribution in [0.5, 0.6) is 0 Å². The second kappa shape index (κ2) is 4.88. The number of carbonyl (C=O) groups excluding carboxylic acids is 1. The van der Waals surface area contributed by atoms with Crippen molar-refractivity contribution in [2.45, 2.75) is 59.2 Å². The number of amides is 1. The van der Waals surface area contributed by atoms with E-state index < -0.39 is 8.32 Å². The van der Waals surface area contributed by atoms with Gasteiger partial charge in [0.15, 0.2) is 8.32 Å². The topological polar surface area (TPSA) is 52.3 Å². The highest BCUT2D eigenvalue weighted by atomic mass is 28.4. The summed E-state index contributed by atoms with van der Waals surface area (Å²) in [5.74, 6) is -0.260. The van der Waals surface area contributed by atoms with Gasteiger partial charge in [0.25, 0.3) is 0 Å². The molecule has 0 fully saturated rings. The molecule has 0 heterocycles. The van der Waals surface area contributed by atoms with E-state index in [1.807, 2.05) is 13.8 Å². The Hall–Kier alpha value is -0.353. The van der Waals surface area contributed by atoms with Crippen molar-refractivity contribution in [3.63, 3.8) is 0 Å². The van der Waals surface area contributed by atoms with Crippen molar-refractivity contribution >= 4 is 14.2 Å². The van der Waals surface area contributed by atoms with Gasteiger partial charge in [0, 0.05) is 13.0 Å². The first-order valence-electron chi connectivity index (χ1n) is 5.80. The van der Waals surface area contributed by atoms with Crippen LogP contribution < -0.4 is 5.73 Å². The molecule has 0 aromatic heterocycles.